The fourth-order valence-electron chi connectivity index (χ4n) is 8.18. The van der Waals surface area contributed by atoms with Crippen LogP contribution in [0, 0.1) is 0 Å². The number of imidazole rings is 2. The topological polar surface area (TPSA) is 83.1 Å². The standard InChI is InChI=1S/C47H29N9/c1-3-15-30(16-4-1)43-50-44(31-17-5-2-6-18-31)52-45(51-43)54-37-22-10-7-19-33(37)34-29-32(27-28-38(34)54)53-46-48-35-20-8-11-23-39(35)55(46)41-25-13-14-26-42(41)56-40-24-12-9-21-36(40)49-47(53)56/h1-29H. The van der Waals surface area contributed by atoms with Crippen molar-refractivity contribution in [2.24, 2.45) is 0 Å². The molecule has 7 aromatic carbocycles. The van der Waals surface area contributed by atoms with Crippen molar-refractivity contribution < 1.29 is 0 Å². The quantitative estimate of drug-likeness (QED) is 0.181. The molecule has 0 saturated heterocycles. The highest BCUT2D eigenvalue weighted by atomic mass is 15.3. The van der Waals surface area contributed by atoms with Crippen LogP contribution in [-0.2, 0) is 0 Å². The Morgan fingerprint density at radius 2 is 0.786 bits per heavy atom. The number of nitrogens with zero attached hydrogens (tertiary/aromatic N) is 9. The lowest BCUT2D eigenvalue weighted by Crippen LogP contribution is -2.06. The summed E-state index contributed by atoms with van der Waals surface area (Å²) >= 11 is 0. The van der Waals surface area contributed by atoms with Gasteiger partial charge in [-0.25, -0.2) is 19.5 Å². The summed E-state index contributed by atoms with van der Waals surface area (Å²) in [5, 5.41) is 2.13. The molecule has 0 bridgehead atoms. The van der Waals surface area contributed by atoms with Crippen LogP contribution in [-0.4, -0.2) is 42.9 Å². The number of fused-ring (bicyclic) bond motifs is 12. The molecule has 0 fully saturated rings. The lowest BCUT2D eigenvalue weighted by molar-refractivity contribution is 0.953. The Bertz CT molecular complexity index is 3370. The maximum absolute atomic E-state index is 5.31. The lowest BCUT2D eigenvalue weighted by Gasteiger charge is -2.11. The summed E-state index contributed by atoms with van der Waals surface area (Å²) in [7, 11) is 0. The Morgan fingerprint density at radius 3 is 1.36 bits per heavy atom. The molecule has 5 aromatic heterocycles. The molecule has 0 amide bonds. The fourth-order valence-corrected chi connectivity index (χ4v) is 8.18. The van der Waals surface area contributed by atoms with Crippen LogP contribution in [0.3, 0.4) is 0 Å². The molecule has 5 heterocycles. The van der Waals surface area contributed by atoms with Gasteiger partial charge in [-0.1, -0.05) is 115 Å². The third-order valence-electron chi connectivity index (χ3n) is 10.7. The highest BCUT2D eigenvalue weighted by Crippen LogP contribution is 2.36. The van der Waals surface area contributed by atoms with Crippen molar-refractivity contribution in [1.82, 2.24) is 42.9 Å². The van der Waals surface area contributed by atoms with Gasteiger partial charge in [-0.2, -0.15) is 9.97 Å². The second kappa shape index (κ2) is 11.8. The highest BCUT2D eigenvalue weighted by molar-refractivity contribution is 6.10. The first-order valence-electron chi connectivity index (χ1n) is 18.5. The molecule has 0 aliphatic heterocycles. The number of rotatable bonds is 4. The van der Waals surface area contributed by atoms with Crippen molar-refractivity contribution in [1.29, 1.82) is 0 Å². The minimum atomic E-state index is 0.547. The van der Waals surface area contributed by atoms with Crippen molar-refractivity contribution in [3.8, 4) is 34.4 Å². The average molecular weight is 720 g/mol. The van der Waals surface area contributed by atoms with E-state index in [1.54, 1.807) is 0 Å². The zero-order chi connectivity index (χ0) is 36.7. The Kier molecular flexibility index (Phi) is 6.43. The van der Waals surface area contributed by atoms with Gasteiger partial charge in [0.15, 0.2) is 11.6 Å². The number of para-hydroxylation sites is 7. The molecule has 262 valence electrons. The third-order valence-corrected chi connectivity index (χ3v) is 10.7. The lowest BCUT2D eigenvalue weighted by atomic mass is 10.1. The Morgan fingerprint density at radius 1 is 0.321 bits per heavy atom. The average Bonchev–Trinajstić information content (AvgIpc) is 3.92. The highest BCUT2D eigenvalue weighted by Gasteiger charge is 2.22. The van der Waals surface area contributed by atoms with Gasteiger partial charge >= 0.3 is 0 Å². The van der Waals surface area contributed by atoms with E-state index >= 15 is 0 Å². The molecule has 56 heavy (non-hydrogen) atoms. The van der Waals surface area contributed by atoms with Gasteiger partial charge < -0.3 is 0 Å². The van der Waals surface area contributed by atoms with Crippen molar-refractivity contribution in [3.63, 3.8) is 0 Å². The fraction of sp³-hybridized carbons (Fsp3) is 0. The molecule has 0 saturated carbocycles. The van der Waals surface area contributed by atoms with E-state index in [0.29, 0.717) is 17.6 Å². The van der Waals surface area contributed by atoms with Crippen LogP contribution in [0.5, 0.6) is 0 Å². The summed E-state index contributed by atoms with van der Waals surface area (Å²) in [5.41, 5.74) is 10.6. The second-order valence-electron chi connectivity index (χ2n) is 13.9. The molecule has 0 unspecified atom stereocenters. The first kappa shape index (κ1) is 30.5. The van der Waals surface area contributed by atoms with E-state index in [2.05, 4.69) is 121 Å². The van der Waals surface area contributed by atoms with Gasteiger partial charge in [0.05, 0.1) is 49.8 Å². The normalized spacial score (nSPS) is 11.9. The molecule has 12 aromatic rings. The Hall–Kier alpha value is -7.91. The molecule has 0 atom stereocenters. The van der Waals surface area contributed by atoms with Crippen LogP contribution < -0.4 is 0 Å². The van der Waals surface area contributed by atoms with Crippen molar-refractivity contribution >= 4 is 66.5 Å². The van der Waals surface area contributed by atoms with E-state index in [1.807, 2.05) is 72.8 Å². The molecular weight excluding hydrogens is 691 g/mol. The van der Waals surface area contributed by atoms with Crippen LogP contribution in [0.2, 0.25) is 0 Å². The van der Waals surface area contributed by atoms with Crippen LogP contribution in [0.25, 0.3) is 101 Å². The van der Waals surface area contributed by atoms with Gasteiger partial charge in [0.25, 0.3) is 0 Å². The molecule has 9 nitrogen and oxygen atoms in total. The second-order valence-corrected chi connectivity index (χ2v) is 13.9. The summed E-state index contributed by atoms with van der Waals surface area (Å²) in [6.07, 6.45) is 0. The molecule has 0 N–H and O–H groups in total. The van der Waals surface area contributed by atoms with Crippen LogP contribution in [0.15, 0.2) is 176 Å². The maximum atomic E-state index is 5.31. The van der Waals surface area contributed by atoms with E-state index in [9.17, 15) is 0 Å². The summed E-state index contributed by atoms with van der Waals surface area (Å²) in [6, 6.07) is 60.3. The number of benzene rings is 7. The summed E-state index contributed by atoms with van der Waals surface area (Å²) in [5.74, 6) is 3.28. The van der Waals surface area contributed by atoms with Crippen LogP contribution in [0.4, 0.5) is 0 Å². The van der Waals surface area contributed by atoms with E-state index in [0.717, 1.165) is 83.3 Å². The van der Waals surface area contributed by atoms with Crippen molar-refractivity contribution in [2.75, 3.05) is 0 Å². The van der Waals surface area contributed by atoms with Gasteiger partial charge in [-0.15, -0.1) is 0 Å². The number of aromatic nitrogens is 9. The molecule has 0 aliphatic carbocycles. The van der Waals surface area contributed by atoms with Gasteiger partial charge in [-0.3, -0.25) is 13.4 Å². The van der Waals surface area contributed by atoms with Gasteiger partial charge in [0.1, 0.15) is 0 Å². The summed E-state index contributed by atoms with van der Waals surface area (Å²) in [4.78, 5) is 25.9. The molecule has 0 spiro atoms. The predicted octanol–water partition coefficient (Wildman–Crippen LogP) is 10.4. The third kappa shape index (κ3) is 4.45. The molecule has 9 heteroatoms. The molecule has 0 radical (unpaired) electrons. The van der Waals surface area contributed by atoms with Gasteiger partial charge in [0, 0.05) is 21.9 Å². The number of hydrogen-bond donors (Lipinski definition) is 0. The van der Waals surface area contributed by atoms with E-state index in [1.165, 1.54) is 0 Å². The predicted molar refractivity (Wildman–Crippen MR) is 223 cm³/mol. The van der Waals surface area contributed by atoms with Gasteiger partial charge in [-0.05, 0) is 60.7 Å². The smallest absolute Gasteiger partial charge is 0.238 e. The maximum Gasteiger partial charge on any atom is 0.238 e. The number of hydrogen-bond acceptors (Lipinski definition) is 5. The van der Waals surface area contributed by atoms with E-state index in [4.69, 9.17) is 24.9 Å². The van der Waals surface area contributed by atoms with Crippen LogP contribution >= 0.6 is 0 Å². The summed E-state index contributed by atoms with van der Waals surface area (Å²) < 4.78 is 8.85. The van der Waals surface area contributed by atoms with Crippen LogP contribution in [0.1, 0.15) is 0 Å². The minimum absolute atomic E-state index is 0.547. The van der Waals surface area contributed by atoms with E-state index in [-0.39, 0.29) is 0 Å². The molecular formula is C47H29N9. The van der Waals surface area contributed by atoms with Crippen molar-refractivity contribution in [3.05, 3.63) is 176 Å². The zero-order valence-electron chi connectivity index (χ0n) is 29.8. The van der Waals surface area contributed by atoms with Crippen molar-refractivity contribution in [2.45, 2.75) is 0 Å². The minimum Gasteiger partial charge on any atom is -0.278 e. The van der Waals surface area contributed by atoms with E-state index < -0.39 is 0 Å². The Labute approximate surface area is 318 Å². The first-order chi connectivity index (χ1) is 27.8. The molecule has 12 rings (SSSR count). The SMILES string of the molecule is c1ccc(-c2nc(-c3ccccc3)nc(-n3c4ccccc4c4cc(-n5c6nc7ccccc7n6c6ccccc6n6c7ccccc7nc56)ccc43)n2)cc1. The molecule has 0 aliphatic rings. The largest absolute Gasteiger partial charge is 0.278 e. The summed E-state index contributed by atoms with van der Waals surface area (Å²) in [6.45, 7) is 0. The monoisotopic (exact) mass is 719 g/mol. The Balaban J connectivity index is 1.19. The van der Waals surface area contributed by atoms with Gasteiger partial charge in [0.2, 0.25) is 17.5 Å². The first-order valence-corrected chi connectivity index (χ1v) is 18.5. The zero-order valence-corrected chi connectivity index (χ0v) is 29.8.